The van der Waals surface area contributed by atoms with Crippen molar-refractivity contribution in [2.24, 2.45) is 4.99 Å². The molecule has 2 aromatic rings. The van der Waals surface area contributed by atoms with Crippen LogP contribution in [-0.4, -0.2) is 16.6 Å². The van der Waals surface area contributed by atoms with Crippen molar-refractivity contribution in [2.45, 2.75) is 0 Å². The van der Waals surface area contributed by atoms with Crippen LogP contribution in [0.5, 0.6) is 5.75 Å². The van der Waals surface area contributed by atoms with Crippen LogP contribution in [-0.2, 0) is 0 Å². The molecule has 0 radical (unpaired) electrons. The Labute approximate surface area is 130 Å². The van der Waals surface area contributed by atoms with Crippen LogP contribution in [0.2, 0.25) is 10.0 Å². The predicted octanol–water partition coefficient (Wildman–Crippen LogP) is 4.18. The second kappa shape index (κ2) is 6.40. The Morgan fingerprint density at radius 3 is 2.24 bits per heavy atom. The van der Waals surface area contributed by atoms with Crippen molar-refractivity contribution in [2.75, 3.05) is 0 Å². The Morgan fingerprint density at radius 2 is 1.71 bits per heavy atom. The van der Waals surface area contributed by atoms with Crippen molar-refractivity contribution in [1.29, 1.82) is 5.26 Å². The summed E-state index contributed by atoms with van der Waals surface area (Å²) in [5.41, 5.74) is 0.274. The van der Waals surface area contributed by atoms with Crippen molar-refractivity contribution >= 4 is 40.4 Å². The molecule has 21 heavy (non-hydrogen) atoms. The van der Waals surface area contributed by atoms with Crippen molar-refractivity contribution in [1.82, 2.24) is 0 Å². The summed E-state index contributed by atoms with van der Waals surface area (Å²) in [6, 6.07) is 12.7. The first-order valence-electron chi connectivity index (χ1n) is 5.79. The minimum atomic E-state index is -0.501. The van der Waals surface area contributed by atoms with Gasteiger partial charge in [0, 0.05) is 5.56 Å². The smallest absolute Gasteiger partial charge is 0.222 e. The summed E-state index contributed by atoms with van der Waals surface area (Å²) < 4.78 is 0. The molecule has 0 aliphatic rings. The number of rotatable bonds is 3. The summed E-state index contributed by atoms with van der Waals surface area (Å²) >= 11 is 11.5. The molecule has 0 atom stereocenters. The van der Waals surface area contributed by atoms with Gasteiger partial charge in [0.15, 0.2) is 11.5 Å². The zero-order chi connectivity index (χ0) is 15.4. The number of carbonyl (C=O) groups is 1. The number of phenols is 1. The number of hydrogen-bond acceptors (Lipinski definition) is 4. The fourth-order valence-electron chi connectivity index (χ4n) is 1.60. The van der Waals surface area contributed by atoms with Crippen LogP contribution in [0.25, 0.3) is 0 Å². The first-order valence-corrected chi connectivity index (χ1v) is 6.55. The Bertz CT molecular complexity index is 742. The monoisotopic (exact) mass is 318 g/mol. The average Bonchev–Trinajstić information content (AvgIpc) is 2.50. The molecular formula is C15H8Cl2N2O2. The molecule has 1 N–H and O–H groups in total. The van der Waals surface area contributed by atoms with Crippen LogP contribution in [0.1, 0.15) is 10.4 Å². The zero-order valence-corrected chi connectivity index (χ0v) is 12.1. The molecule has 0 aliphatic heterocycles. The number of halogens is 2. The van der Waals surface area contributed by atoms with Crippen molar-refractivity contribution < 1.29 is 9.90 Å². The number of nitrogens with zero attached hydrogens (tertiary/aromatic N) is 2. The van der Waals surface area contributed by atoms with Crippen LogP contribution >= 0.6 is 23.2 Å². The third-order valence-electron chi connectivity index (χ3n) is 2.60. The molecule has 0 heterocycles. The van der Waals surface area contributed by atoms with Gasteiger partial charge in [-0.1, -0.05) is 53.5 Å². The maximum atomic E-state index is 12.1. The summed E-state index contributed by atoms with van der Waals surface area (Å²) in [6.45, 7) is 0. The number of Topliss-reactive ketones (excluding diaryl/α,β-unsaturated/α-hetero) is 1. The molecule has 0 amide bonds. The van der Waals surface area contributed by atoms with Crippen LogP contribution < -0.4 is 0 Å². The SMILES string of the molecule is N#C/C(=N\c1cc(Cl)c(O)c(Cl)c1)C(=O)c1ccccc1. The summed E-state index contributed by atoms with van der Waals surface area (Å²) in [5, 5.41) is 18.5. The molecule has 2 aromatic carbocycles. The molecule has 0 fully saturated rings. The number of nitriles is 1. The topological polar surface area (TPSA) is 73.4 Å². The van der Waals surface area contributed by atoms with E-state index in [1.54, 1.807) is 36.4 Å². The molecule has 0 unspecified atom stereocenters. The molecule has 4 nitrogen and oxygen atoms in total. The van der Waals surface area contributed by atoms with Gasteiger partial charge in [-0.15, -0.1) is 0 Å². The van der Waals surface area contributed by atoms with Gasteiger partial charge in [0.2, 0.25) is 5.78 Å². The summed E-state index contributed by atoms with van der Waals surface area (Å²) in [7, 11) is 0. The quantitative estimate of drug-likeness (QED) is 0.681. The standard InChI is InChI=1S/C15H8Cl2N2O2/c16-11-6-10(7-12(17)15(11)21)19-13(8-18)14(20)9-4-2-1-3-5-9/h1-7,21H/b19-13+. The highest BCUT2D eigenvalue weighted by molar-refractivity contribution is 6.51. The van der Waals surface area contributed by atoms with Gasteiger partial charge in [0.25, 0.3) is 0 Å². The number of carbonyl (C=O) groups excluding carboxylic acids is 1. The molecule has 0 bridgehead atoms. The lowest BCUT2D eigenvalue weighted by atomic mass is 10.1. The second-order valence-corrected chi connectivity index (χ2v) is 4.84. The van der Waals surface area contributed by atoms with Crippen molar-refractivity contribution in [3.8, 4) is 11.8 Å². The van der Waals surface area contributed by atoms with Gasteiger partial charge in [-0.25, -0.2) is 4.99 Å². The maximum Gasteiger partial charge on any atom is 0.222 e. The van der Waals surface area contributed by atoms with Gasteiger partial charge in [0.05, 0.1) is 15.7 Å². The van der Waals surface area contributed by atoms with Crippen LogP contribution in [0.15, 0.2) is 47.5 Å². The highest BCUT2D eigenvalue weighted by Crippen LogP contribution is 2.35. The Balaban J connectivity index is 2.43. The normalized spacial score (nSPS) is 11.0. The zero-order valence-electron chi connectivity index (χ0n) is 10.5. The highest BCUT2D eigenvalue weighted by atomic mass is 35.5. The molecular weight excluding hydrogens is 311 g/mol. The lowest BCUT2D eigenvalue weighted by Crippen LogP contribution is -2.11. The van der Waals surface area contributed by atoms with Gasteiger partial charge in [-0.3, -0.25) is 4.79 Å². The minimum Gasteiger partial charge on any atom is -0.505 e. The third kappa shape index (κ3) is 3.40. The number of benzene rings is 2. The Kier molecular flexibility index (Phi) is 4.59. The Hall–Kier alpha value is -2.35. The maximum absolute atomic E-state index is 12.1. The molecule has 104 valence electrons. The van der Waals surface area contributed by atoms with Crippen LogP contribution in [0.4, 0.5) is 5.69 Å². The van der Waals surface area contributed by atoms with Crippen LogP contribution in [0, 0.1) is 11.3 Å². The molecule has 0 aromatic heterocycles. The van der Waals surface area contributed by atoms with Crippen molar-refractivity contribution in [3.05, 3.63) is 58.1 Å². The number of aromatic hydroxyl groups is 1. The second-order valence-electron chi connectivity index (χ2n) is 4.03. The van der Waals surface area contributed by atoms with Crippen LogP contribution in [0.3, 0.4) is 0 Å². The Morgan fingerprint density at radius 1 is 1.14 bits per heavy atom. The van der Waals surface area contributed by atoms with E-state index >= 15 is 0 Å². The van der Waals surface area contributed by atoms with E-state index in [0.717, 1.165) is 0 Å². The van der Waals surface area contributed by atoms with Crippen molar-refractivity contribution in [3.63, 3.8) is 0 Å². The van der Waals surface area contributed by atoms with E-state index in [1.807, 2.05) is 0 Å². The summed E-state index contributed by atoms with van der Waals surface area (Å²) in [4.78, 5) is 16.1. The van der Waals surface area contributed by atoms with Gasteiger partial charge in [-0.05, 0) is 12.1 Å². The van der Waals surface area contributed by atoms with E-state index in [-0.39, 0.29) is 27.2 Å². The van der Waals surface area contributed by atoms with Gasteiger partial charge < -0.3 is 5.11 Å². The molecule has 0 saturated carbocycles. The lowest BCUT2D eigenvalue weighted by Gasteiger charge is -2.02. The number of aliphatic imine (C=N–C) groups is 1. The fourth-order valence-corrected chi connectivity index (χ4v) is 2.07. The lowest BCUT2D eigenvalue weighted by molar-refractivity contribution is 0.106. The summed E-state index contributed by atoms with van der Waals surface area (Å²) in [5.74, 6) is -0.774. The van der Waals surface area contributed by atoms with E-state index in [4.69, 9.17) is 28.5 Å². The van der Waals surface area contributed by atoms with Gasteiger partial charge >= 0.3 is 0 Å². The number of ketones is 1. The minimum absolute atomic E-state index is 0.00861. The van der Waals surface area contributed by atoms with E-state index in [1.165, 1.54) is 12.1 Å². The van der Waals surface area contributed by atoms with E-state index in [2.05, 4.69) is 4.99 Å². The summed E-state index contributed by atoms with van der Waals surface area (Å²) in [6.07, 6.45) is 0. The van der Waals surface area contributed by atoms with Gasteiger partial charge in [-0.2, -0.15) is 5.26 Å². The van der Waals surface area contributed by atoms with E-state index in [0.29, 0.717) is 5.56 Å². The third-order valence-corrected chi connectivity index (χ3v) is 3.18. The molecule has 6 heteroatoms. The predicted molar refractivity (Wildman–Crippen MR) is 81.6 cm³/mol. The first-order chi connectivity index (χ1) is 10.0. The molecule has 0 spiro atoms. The fraction of sp³-hybridized carbons (Fsp3) is 0. The number of phenolic OH excluding ortho intramolecular Hbond substituents is 1. The van der Waals surface area contributed by atoms with E-state index in [9.17, 15) is 9.90 Å². The molecule has 0 saturated heterocycles. The molecule has 2 rings (SSSR count). The first kappa shape index (κ1) is 15.0. The van der Waals surface area contributed by atoms with Gasteiger partial charge in [0.1, 0.15) is 6.07 Å². The average molecular weight is 319 g/mol. The number of hydrogen-bond donors (Lipinski definition) is 1. The largest absolute Gasteiger partial charge is 0.505 e. The highest BCUT2D eigenvalue weighted by Gasteiger charge is 2.14. The van der Waals surface area contributed by atoms with E-state index < -0.39 is 5.78 Å². The molecule has 0 aliphatic carbocycles.